The third-order valence-electron chi connectivity index (χ3n) is 6.34. The molecule has 2 unspecified atom stereocenters. The van der Waals surface area contributed by atoms with Crippen LogP contribution >= 0.6 is 0 Å². The number of aryl methyl sites for hydroxylation is 2. The van der Waals surface area contributed by atoms with Crippen molar-refractivity contribution in [3.8, 4) is 0 Å². The molecule has 0 amide bonds. The Morgan fingerprint density at radius 3 is 2.34 bits per heavy atom. The monoisotopic (exact) mass is 476 g/mol. The largest absolute Gasteiger partial charge is 0.327 e. The summed E-state index contributed by atoms with van der Waals surface area (Å²) in [6, 6.07) is 18.6. The van der Waals surface area contributed by atoms with Crippen LogP contribution in [0.25, 0.3) is 10.8 Å². The first-order chi connectivity index (χ1) is 16.9. The van der Waals surface area contributed by atoms with Crippen LogP contribution < -0.4 is 16.6 Å². The Labute approximate surface area is 203 Å². The minimum absolute atomic E-state index is 0.187. The van der Waals surface area contributed by atoms with Gasteiger partial charge in [0.15, 0.2) is 0 Å². The summed E-state index contributed by atoms with van der Waals surface area (Å²) in [6.07, 6.45) is 1.21. The Hall–Kier alpha value is -3.42. The molecule has 4 aromatic rings. The van der Waals surface area contributed by atoms with E-state index in [1.807, 2.05) is 24.3 Å². The van der Waals surface area contributed by atoms with Crippen molar-refractivity contribution in [1.82, 2.24) is 15.1 Å². The fraction of sp³-hybridized carbons (Fsp3) is 0.286. The molecule has 4 rings (SSSR count). The highest BCUT2D eigenvalue weighted by Gasteiger charge is 2.25. The minimum Gasteiger partial charge on any atom is -0.327 e. The summed E-state index contributed by atoms with van der Waals surface area (Å²) in [4.78, 5) is 12.7. The molecule has 1 heterocycles. The molecule has 35 heavy (non-hydrogen) atoms. The first kappa shape index (κ1) is 24.7. The number of nitrogens with one attached hydrogen (secondary N) is 1. The van der Waals surface area contributed by atoms with Crippen molar-refractivity contribution in [3.05, 3.63) is 111 Å². The van der Waals surface area contributed by atoms with E-state index in [2.05, 4.69) is 35.5 Å². The Balaban J connectivity index is 1.67. The number of benzene rings is 3. The molecule has 0 radical (unpaired) electrons. The van der Waals surface area contributed by atoms with Crippen LogP contribution in [-0.2, 0) is 26.4 Å². The van der Waals surface area contributed by atoms with Crippen LogP contribution in [0.15, 0.2) is 71.5 Å². The SMILES string of the molecule is CCc1cccc(CNCC(c2nn(C)c(=O)c3ccccc23)C(N)Cc2cc(F)cc(F)c2)c1. The molecular weight excluding hydrogens is 446 g/mol. The van der Waals surface area contributed by atoms with E-state index in [4.69, 9.17) is 5.73 Å². The number of hydrogen-bond donors (Lipinski definition) is 2. The zero-order valence-corrected chi connectivity index (χ0v) is 20.0. The molecule has 0 bridgehead atoms. The summed E-state index contributed by atoms with van der Waals surface area (Å²) in [5.74, 6) is -1.58. The normalized spacial score (nSPS) is 13.2. The molecular formula is C28H30F2N4O. The van der Waals surface area contributed by atoms with Gasteiger partial charge < -0.3 is 11.1 Å². The second-order valence-electron chi connectivity index (χ2n) is 8.92. The summed E-state index contributed by atoms with van der Waals surface area (Å²) in [5.41, 5.74) is 10.1. The zero-order valence-electron chi connectivity index (χ0n) is 20.0. The topological polar surface area (TPSA) is 72.9 Å². The molecule has 0 spiro atoms. The van der Waals surface area contributed by atoms with Crippen LogP contribution in [0, 0.1) is 11.6 Å². The van der Waals surface area contributed by atoms with Gasteiger partial charge >= 0.3 is 0 Å². The lowest BCUT2D eigenvalue weighted by Gasteiger charge is -2.26. The number of rotatable bonds is 9. The molecule has 0 aliphatic carbocycles. The number of halogens is 2. The quantitative estimate of drug-likeness (QED) is 0.380. The van der Waals surface area contributed by atoms with Gasteiger partial charge in [0, 0.05) is 43.5 Å². The molecule has 0 saturated heterocycles. The van der Waals surface area contributed by atoms with Gasteiger partial charge in [-0.15, -0.1) is 0 Å². The molecule has 1 aromatic heterocycles. The molecule has 182 valence electrons. The molecule has 7 heteroatoms. The van der Waals surface area contributed by atoms with E-state index in [9.17, 15) is 13.6 Å². The van der Waals surface area contributed by atoms with Crippen molar-refractivity contribution < 1.29 is 8.78 Å². The van der Waals surface area contributed by atoms with E-state index in [1.165, 1.54) is 22.4 Å². The van der Waals surface area contributed by atoms with Gasteiger partial charge in [0.25, 0.3) is 5.56 Å². The Morgan fingerprint density at radius 1 is 0.943 bits per heavy atom. The standard InChI is InChI=1S/C28H30F2N4O/c1-3-18-7-6-8-19(11-18)16-32-17-25(26(31)14-20-12-21(29)15-22(30)13-20)27-23-9-4-5-10-24(23)28(35)34(2)33-27/h4-13,15,25-26,32H,3,14,16-17,31H2,1-2H3. The van der Waals surface area contributed by atoms with Crippen molar-refractivity contribution in [1.29, 1.82) is 0 Å². The molecule has 0 aliphatic heterocycles. The number of aromatic nitrogens is 2. The van der Waals surface area contributed by atoms with Crippen LogP contribution in [0.3, 0.4) is 0 Å². The van der Waals surface area contributed by atoms with Gasteiger partial charge in [-0.25, -0.2) is 13.5 Å². The van der Waals surface area contributed by atoms with Crippen molar-refractivity contribution in [2.24, 2.45) is 12.8 Å². The van der Waals surface area contributed by atoms with Gasteiger partial charge in [-0.1, -0.05) is 49.4 Å². The second-order valence-corrected chi connectivity index (χ2v) is 8.92. The number of hydrogen-bond acceptors (Lipinski definition) is 4. The van der Waals surface area contributed by atoms with Gasteiger partial charge in [-0.05, 0) is 47.7 Å². The maximum atomic E-state index is 13.8. The maximum absolute atomic E-state index is 13.8. The van der Waals surface area contributed by atoms with E-state index in [0.29, 0.717) is 29.7 Å². The molecule has 0 fully saturated rings. The molecule has 2 atom stereocenters. The fourth-order valence-corrected chi connectivity index (χ4v) is 4.53. The predicted molar refractivity (Wildman–Crippen MR) is 135 cm³/mol. The van der Waals surface area contributed by atoms with E-state index in [-0.39, 0.29) is 17.9 Å². The summed E-state index contributed by atoms with van der Waals surface area (Å²) in [6.45, 7) is 3.23. The lowest BCUT2D eigenvalue weighted by molar-refractivity contribution is 0.468. The maximum Gasteiger partial charge on any atom is 0.274 e. The van der Waals surface area contributed by atoms with Crippen LogP contribution in [0.5, 0.6) is 0 Å². The molecule has 0 saturated carbocycles. The van der Waals surface area contributed by atoms with Gasteiger partial charge in [0.2, 0.25) is 0 Å². The molecule has 3 N–H and O–H groups in total. The Kier molecular flexibility index (Phi) is 7.68. The van der Waals surface area contributed by atoms with E-state index < -0.39 is 17.7 Å². The average molecular weight is 477 g/mol. The van der Waals surface area contributed by atoms with Crippen molar-refractivity contribution in [2.75, 3.05) is 6.54 Å². The molecule has 0 aliphatic rings. The van der Waals surface area contributed by atoms with Crippen molar-refractivity contribution in [3.63, 3.8) is 0 Å². The lowest BCUT2D eigenvalue weighted by Crippen LogP contribution is -2.39. The van der Waals surface area contributed by atoms with E-state index in [1.54, 1.807) is 13.1 Å². The van der Waals surface area contributed by atoms with Crippen LogP contribution in [0.4, 0.5) is 8.78 Å². The first-order valence-electron chi connectivity index (χ1n) is 11.8. The zero-order chi connectivity index (χ0) is 24.9. The molecule has 5 nitrogen and oxygen atoms in total. The van der Waals surface area contributed by atoms with Crippen LogP contribution in [0.2, 0.25) is 0 Å². The van der Waals surface area contributed by atoms with Gasteiger partial charge in [-0.3, -0.25) is 4.79 Å². The highest BCUT2D eigenvalue weighted by molar-refractivity contribution is 5.84. The summed E-state index contributed by atoms with van der Waals surface area (Å²) < 4.78 is 29.0. The smallest absolute Gasteiger partial charge is 0.274 e. The second kappa shape index (κ2) is 10.9. The third kappa shape index (κ3) is 5.81. The van der Waals surface area contributed by atoms with Crippen molar-refractivity contribution >= 4 is 10.8 Å². The van der Waals surface area contributed by atoms with Crippen LogP contribution in [-0.4, -0.2) is 22.4 Å². The summed E-state index contributed by atoms with van der Waals surface area (Å²) >= 11 is 0. The summed E-state index contributed by atoms with van der Waals surface area (Å²) in [7, 11) is 1.62. The van der Waals surface area contributed by atoms with Crippen LogP contribution in [0.1, 0.15) is 35.2 Å². The van der Waals surface area contributed by atoms with E-state index in [0.717, 1.165) is 23.4 Å². The third-order valence-corrected chi connectivity index (χ3v) is 6.34. The lowest BCUT2D eigenvalue weighted by atomic mass is 9.89. The highest BCUT2D eigenvalue weighted by Crippen LogP contribution is 2.26. The van der Waals surface area contributed by atoms with Crippen molar-refractivity contribution in [2.45, 2.75) is 38.3 Å². The number of nitrogens with zero attached hydrogens (tertiary/aromatic N) is 2. The number of fused-ring (bicyclic) bond motifs is 1. The van der Waals surface area contributed by atoms with Gasteiger partial charge in [0.1, 0.15) is 11.6 Å². The van der Waals surface area contributed by atoms with Gasteiger partial charge in [0.05, 0.1) is 11.1 Å². The number of nitrogens with two attached hydrogens (primary N) is 1. The minimum atomic E-state index is -0.636. The predicted octanol–water partition coefficient (Wildman–Crippen LogP) is 4.22. The highest BCUT2D eigenvalue weighted by atomic mass is 19.1. The first-order valence-corrected chi connectivity index (χ1v) is 11.8. The Bertz CT molecular complexity index is 1370. The summed E-state index contributed by atoms with van der Waals surface area (Å²) in [5, 5.41) is 9.36. The average Bonchev–Trinajstić information content (AvgIpc) is 2.84. The molecule has 3 aromatic carbocycles. The van der Waals surface area contributed by atoms with Gasteiger partial charge in [-0.2, -0.15) is 5.10 Å². The fourth-order valence-electron chi connectivity index (χ4n) is 4.53. The Morgan fingerprint density at radius 2 is 1.63 bits per heavy atom. The van der Waals surface area contributed by atoms with E-state index >= 15 is 0 Å².